The van der Waals surface area contributed by atoms with Gasteiger partial charge in [-0.1, -0.05) is 13.8 Å². The zero-order chi connectivity index (χ0) is 11.8. The minimum atomic E-state index is 0.634. The topological polar surface area (TPSA) is 38.0 Å². The fourth-order valence-corrected chi connectivity index (χ4v) is 2.18. The number of rotatable bonds is 7. The smallest absolute Gasteiger partial charge is 0.0341 e. The van der Waals surface area contributed by atoms with Gasteiger partial charge in [-0.2, -0.15) is 0 Å². The summed E-state index contributed by atoms with van der Waals surface area (Å²) in [7, 11) is 0. The third kappa shape index (κ3) is 4.90. The molecule has 0 saturated carbocycles. The summed E-state index contributed by atoms with van der Waals surface area (Å²) in [5.74, 6) is 1.76. The third-order valence-corrected chi connectivity index (χ3v) is 3.37. The van der Waals surface area contributed by atoms with Crippen LogP contribution in [0, 0.1) is 5.92 Å². The highest BCUT2D eigenvalue weighted by Crippen LogP contribution is 2.19. The Morgan fingerprint density at radius 1 is 1.31 bits per heavy atom. The molecule has 0 fully saturated rings. The summed E-state index contributed by atoms with van der Waals surface area (Å²) in [4.78, 5) is 1.34. The number of benzene rings is 1. The molecule has 0 spiro atoms. The Hall–Kier alpha value is -0.670. The lowest BCUT2D eigenvalue weighted by Gasteiger charge is -2.12. The molecule has 16 heavy (non-hydrogen) atoms. The lowest BCUT2D eigenvalue weighted by Crippen LogP contribution is -2.15. The van der Waals surface area contributed by atoms with Crippen molar-refractivity contribution < 1.29 is 0 Å². The van der Waals surface area contributed by atoms with Gasteiger partial charge in [0.25, 0.3) is 0 Å². The van der Waals surface area contributed by atoms with Crippen LogP contribution in [-0.2, 0) is 0 Å². The first-order chi connectivity index (χ1) is 7.76. The summed E-state index contributed by atoms with van der Waals surface area (Å²) in [5, 5.41) is 3.43. The Labute approximate surface area is 103 Å². The molecule has 1 rings (SSSR count). The molecule has 2 nitrogen and oxygen atoms in total. The molecule has 1 aromatic rings. The van der Waals surface area contributed by atoms with Crippen LogP contribution >= 0.6 is 11.8 Å². The van der Waals surface area contributed by atoms with Crippen molar-refractivity contribution in [2.75, 3.05) is 24.2 Å². The molecule has 0 heterocycles. The van der Waals surface area contributed by atoms with Gasteiger partial charge in [-0.25, -0.2) is 0 Å². The lowest BCUT2D eigenvalue weighted by molar-refractivity contribution is 0.568. The van der Waals surface area contributed by atoms with E-state index >= 15 is 0 Å². The van der Waals surface area contributed by atoms with Gasteiger partial charge in [-0.3, -0.25) is 0 Å². The van der Waals surface area contributed by atoms with Gasteiger partial charge in [-0.05, 0) is 48.9 Å². The van der Waals surface area contributed by atoms with Gasteiger partial charge in [0, 0.05) is 17.1 Å². The molecule has 0 amide bonds. The van der Waals surface area contributed by atoms with E-state index in [0.29, 0.717) is 5.92 Å². The van der Waals surface area contributed by atoms with Crippen LogP contribution in [0.25, 0.3) is 0 Å². The highest BCUT2D eigenvalue weighted by atomic mass is 32.2. The molecule has 1 atom stereocenters. The Balaban J connectivity index is 2.37. The zero-order valence-electron chi connectivity index (χ0n) is 10.2. The predicted molar refractivity (Wildman–Crippen MR) is 74.2 cm³/mol. The van der Waals surface area contributed by atoms with Gasteiger partial charge in [0.05, 0.1) is 0 Å². The normalized spacial score (nSPS) is 12.4. The summed E-state index contributed by atoms with van der Waals surface area (Å²) >= 11 is 1.87. The van der Waals surface area contributed by atoms with E-state index in [9.17, 15) is 0 Å². The van der Waals surface area contributed by atoms with E-state index < -0.39 is 0 Å². The highest BCUT2D eigenvalue weighted by molar-refractivity contribution is 7.99. The van der Waals surface area contributed by atoms with Gasteiger partial charge in [0.2, 0.25) is 0 Å². The Kier molecular flexibility index (Phi) is 6.34. The second-order valence-electron chi connectivity index (χ2n) is 4.02. The maximum absolute atomic E-state index is 5.52. The molecule has 0 bridgehead atoms. The summed E-state index contributed by atoms with van der Waals surface area (Å²) in [5.41, 5.74) is 6.72. The van der Waals surface area contributed by atoms with Crippen molar-refractivity contribution in [1.29, 1.82) is 0 Å². The minimum absolute atomic E-state index is 0.634. The molecule has 0 aliphatic rings. The standard InChI is InChI=1S/C13H22N2S/c1-3-16-13-6-4-12(5-7-13)15-10-11(2)8-9-14/h4-7,11,15H,3,8-10,14H2,1-2H3. The van der Waals surface area contributed by atoms with Crippen molar-refractivity contribution in [1.82, 2.24) is 0 Å². The molecule has 0 aliphatic carbocycles. The minimum Gasteiger partial charge on any atom is -0.385 e. The van der Waals surface area contributed by atoms with Gasteiger partial charge in [0.15, 0.2) is 0 Å². The quantitative estimate of drug-likeness (QED) is 0.716. The zero-order valence-corrected chi connectivity index (χ0v) is 11.0. The van der Waals surface area contributed by atoms with Crippen molar-refractivity contribution in [3.8, 4) is 0 Å². The van der Waals surface area contributed by atoms with E-state index in [4.69, 9.17) is 5.73 Å². The molecule has 3 heteroatoms. The Morgan fingerprint density at radius 2 is 2.00 bits per heavy atom. The Morgan fingerprint density at radius 3 is 2.56 bits per heavy atom. The van der Waals surface area contributed by atoms with E-state index in [1.54, 1.807) is 0 Å². The maximum atomic E-state index is 5.52. The molecule has 0 radical (unpaired) electrons. The van der Waals surface area contributed by atoms with Crippen molar-refractivity contribution in [3.05, 3.63) is 24.3 Å². The second-order valence-corrected chi connectivity index (χ2v) is 5.36. The van der Waals surface area contributed by atoms with Crippen molar-refractivity contribution in [3.63, 3.8) is 0 Å². The van der Waals surface area contributed by atoms with E-state index in [2.05, 4.69) is 43.4 Å². The Bertz CT molecular complexity index is 284. The van der Waals surface area contributed by atoms with Gasteiger partial charge in [0.1, 0.15) is 0 Å². The first-order valence-electron chi connectivity index (χ1n) is 5.93. The summed E-state index contributed by atoms with van der Waals surface area (Å²) in [6.07, 6.45) is 1.08. The van der Waals surface area contributed by atoms with Gasteiger partial charge >= 0.3 is 0 Å². The molecule has 0 aromatic heterocycles. The van der Waals surface area contributed by atoms with Crippen LogP contribution < -0.4 is 11.1 Å². The van der Waals surface area contributed by atoms with Crippen LogP contribution in [0.4, 0.5) is 5.69 Å². The molecule has 0 aliphatic heterocycles. The van der Waals surface area contributed by atoms with Crippen molar-refractivity contribution in [2.45, 2.75) is 25.2 Å². The first-order valence-corrected chi connectivity index (χ1v) is 6.91. The molecule has 90 valence electrons. The molecular weight excluding hydrogens is 216 g/mol. The summed E-state index contributed by atoms with van der Waals surface area (Å²) < 4.78 is 0. The molecular formula is C13H22N2S. The average molecular weight is 238 g/mol. The van der Waals surface area contributed by atoms with Crippen molar-refractivity contribution >= 4 is 17.4 Å². The summed E-state index contributed by atoms with van der Waals surface area (Å²) in [6, 6.07) is 8.63. The molecule has 1 aromatic carbocycles. The van der Waals surface area contributed by atoms with Crippen molar-refractivity contribution in [2.24, 2.45) is 11.7 Å². The van der Waals surface area contributed by atoms with E-state index in [1.807, 2.05) is 11.8 Å². The summed E-state index contributed by atoms with van der Waals surface area (Å²) in [6.45, 7) is 6.17. The van der Waals surface area contributed by atoms with Crippen LogP contribution in [0.3, 0.4) is 0 Å². The SMILES string of the molecule is CCSc1ccc(NCC(C)CCN)cc1. The van der Waals surface area contributed by atoms with E-state index in [-0.39, 0.29) is 0 Å². The van der Waals surface area contributed by atoms with Crippen LogP contribution in [0.1, 0.15) is 20.3 Å². The average Bonchev–Trinajstić information content (AvgIpc) is 2.29. The maximum Gasteiger partial charge on any atom is 0.0341 e. The molecule has 3 N–H and O–H groups in total. The number of nitrogens with two attached hydrogens (primary N) is 1. The van der Waals surface area contributed by atoms with Crippen LogP contribution in [-0.4, -0.2) is 18.8 Å². The monoisotopic (exact) mass is 238 g/mol. The van der Waals surface area contributed by atoms with Gasteiger partial charge < -0.3 is 11.1 Å². The van der Waals surface area contributed by atoms with Crippen LogP contribution in [0.5, 0.6) is 0 Å². The number of anilines is 1. The number of nitrogens with one attached hydrogen (secondary N) is 1. The largest absolute Gasteiger partial charge is 0.385 e. The number of hydrogen-bond acceptors (Lipinski definition) is 3. The van der Waals surface area contributed by atoms with Crippen LogP contribution in [0.2, 0.25) is 0 Å². The lowest BCUT2D eigenvalue weighted by atomic mass is 10.1. The molecule has 0 saturated heterocycles. The fourth-order valence-electron chi connectivity index (χ4n) is 1.51. The highest BCUT2D eigenvalue weighted by Gasteiger charge is 2.00. The number of thioether (sulfide) groups is 1. The van der Waals surface area contributed by atoms with Crippen LogP contribution in [0.15, 0.2) is 29.2 Å². The molecule has 1 unspecified atom stereocenters. The third-order valence-electron chi connectivity index (χ3n) is 2.48. The van der Waals surface area contributed by atoms with E-state index in [1.165, 1.54) is 10.6 Å². The van der Waals surface area contributed by atoms with E-state index in [0.717, 1.165) is 25.3 Å². The van der Waals surface area contributed by atoms with Gasteiger partial charge in [-0.15, -0.1) is 11.8 Å². The first kappa shape index (κ1) is 13.4. The second kappa shape index (κ2) is 7.58. The number of hydrogen-bond donors (Lipinski definition) is 2. The fraction of sp³-hybridized carbons (Fsp3) is 0.538. The predicted octanol–water partition coefficient (Wildman–Crippen LogP) is 3.20.